The van der Waals surface area contributed by atoms with Gasteiger partial charge in [-0.05, 0) is 66.5 Å². The summed E-state index contributed by atoms with van der Waals surface area (Å²) in [6.45, 7) is 9.59. The second kappa shape index (κ2) is 5.09. The zero-order chi connectivity index (χ0) is 12.6. The van der Waals surface area contributed by atoms with Gasteiger partial charge in [0.1, 0.15) is 0 Å². The van der Waals surface area contributed by atoms with Gasteiger partial charge in [-0.3, -0.25) is 0 Å². The first-order valence-electron chi connectivity index (χ1n) is 7.28. The van der Waals surface area contributed by atoms with E-state index in [1.165, 1.54) is 32.1 Å². The number of hydrogen-bond acceptors (Lipinski definition) is 1. The number of hydrogen-bond donors (Lipinski definition) is 1. The van der Waals surface area contributed by atoms with E-state index in [4.69, 9.17) is 11.8 Å². The second-order valence-corrected chi connectivity index (χ2v) is 7.83. The van der Waals surface area contributed by atoms with Crippen molar-refractivity contribution in [2.45, 2.75) is 65.8 Å². The molecule has 0 bridgehead atoms. The lowest BCUT2D eigenvalue weighted by Crippen LogP contribution is -2.45. The monoisotopic (exact) mass is 257 g/mol. The van der Waals surface area contributed by atoms with Gasteiger partial charge in [-0.25, -0.2) is 4.84 Å². The zero-order valence-electron chi connectivity index (χ0n) is 11.8. The van der Waals surface area contributed by atoms with E-state index < -0.39 is 0 Å². The van der Waals surface area contributed by atoms with E-state index in [1.54, 1.807) is 0 Å². The number of rotatable bonds is 2. The lowest BCUT2D eigenvalue weighted by molar-refractivity contribution is 0.0629. The van der Waals surface area contributed by atoms with Gasteiger partial charge in [0.15, 0.2) is 0 Å². The first kappa shape index (κ1) is 13.7. The van der Waals surface area contributed by atoms with Crippen LogP contribution in [0.25, 0.3) is 0 Å². The third-order valence-corrected chi connectivity index (χ3v) is 5.32. The Bertz CT molecular complexity index is 258. The number of nitrogens with one attached hydrogen (secondary N) is 1. The highest BCUT2D eigenvalue weighted by molar-refractivity contribution is 6.13. The van der Waals surface area contributed by atoms with Crippen molar-refractivity contribution in [2.75, 3.05) is 0 Å². The van der Waals surface area contributed by atoms with E-state index in [9.17, 15) is 0 Å². The fraction of sp³-hybridized carbons (Fsp3) is 1.00. The summed E-state index contributed by atoms with van der Waals surface area (Å²) in [5.41, 5.74) is 0.466. The third kappa shape index (κ3) is 2.98. The van der Waals surface area contributed by atoms with Crippen molar-refractivity contribution in [3.8, 4) is 0 Å². The van der Waals surface area contributed by atoms with Crippen LogP contribution in [-0.2, 0) is 0 Å². The number of fused-ring (bicyclic) bond motifs is 1. The lowest BCUT2D eigenvalue weighted by atomic mass is 9.62. The molecule has 0 radical (unpaired) electrons. The van der Waals surface area contributed by atoms with E-state index in [1.807, 2.05) is 0 Å². The lowest BCUT2D eigenvalue weighted by Gasteiger charge is -2.45. The van der Waals surface area contributed by atoms with Crippen LogP contribution >= 0.6 is 11.8 Å². The van der Waals surface area contributed by atoms with E-state index in [0.717, 1.165) is 23.7 Å². The maximum atomic E-state index is 5.94. The topological polar surface area (TPSA) is 12.0 Å². The minimum atomic E-state index is 0.466. The molecule has 0 aliphatic heterocycles. The van der Waals surface area contributed by atoms with Crippen LogP contribution in [-0.4, -0.2) is 6.04 Å². The van der Waals surface area contributed by atoms with Crippen molar-refractivity contribution in [3.05, 3.63) is 0 Å². The van der Waals surface area contributed by atoms with E-state index in [0.29, 0.717) is 11.5 Å². The fourth-order valence-electron chi connectivity index (χ4n) is 4.41. The molecule has 0 amide bonds. The Morgan fingerprint density at radius 3 is 2.41 bits per heavy atom. The van der Waals surface area contributed by atoms with E-state index in [2.05, 4.69) is 32.5 Å². The highest BCUT2D eigenvalue weighted by atomic mass is 35.5. The standard InChI is InChI=1S/C15H28ClN/c1-10-8-14(17-16)12-7-5-6-11(12)13(10)9-15(2,3)4/h10-14,17H,5-9H2,1-4H3. The van der Waals surface area contributed by atoms with Gasteiger partial charge in [-0.1, -0.05) is 34.1 Å². The summed E-state index contributed by atoms with van der Waals surface area (Å²) in [4.78, 5) is 3.06. The van der Waals surface area contributed by atoms with Gasteiger partial charge in [-0.15, -0.1) is 0 Å². The highest BCUT2D eigenvalue weighted by Gasteiger charge is 2.45. The molecule has 2 aliphatic rings. The quantitative estimate of drug-likeness (QED) is 0.713. The van der Waals surface area contributed by atoms with Crippen LogP contribution in [0.5, 0.6) is 0 Å². The SMILES string of the molecule is CC1CC(NCl)C2CCCC2C1CC(C)(C)C. The van der Waals surface area contributed by atoms with Crippen molar-refractivity contribution in [3.63, 3.8) is 0 Å². The Labute approximate surface area is 112 Å². The van der Waals surface area contributed by atoms with Gasteiger partial charge < -0.3 is 0 Å². The summed E-state index contributed by atoms with van der Waals surface area (Å²) in [6.07, 6.45) is 6.89. The third-order valence-electron chi connectivity index (χ3n) is 5.04. The molecule has 0 heterocycles. The van der Waals surface area contributed by atoms with Gasteiger partial charge in [0.25, 0.3) is 0 Å². The summed E-state index contributed by atoms with van der Waals surface area (Å²) in [5.74, 6) is 3.51. The van der Waals surface area contributed by atoms with Crippen molar-refractivity contribution in [2.24, 2.45) is 29.1 Å². The molecule has 2 aliphatic carbocycles. The Kier molecular flexibility index (Phi) is 4.09. The van der Waals surface area contributed by atoms with Gasteiger partial charge >= 0.3 is 0 Å². The predicted molar refractivity (Wildman–Crippen MR) is 75.0 cm³/mol. The Balaban J connectivity index is 2.11. The molecule has 0 aromatic carbocycles. The molecular weight excluding hydrogens is 230 g/mol. The fourth-order valence-corrected chi connectivity index (χ4v) is 4.66. The first-order chi connectivity index (χ1) is 7.92. The highest BCUT2D eigenvalue weighted by Crippen LogP contribution is 2.51. The molecule has 0 spiro atoms. The molecule has 17 heavy (non-hydrogen) atoms. The molecule has 5 unspecified atom stereocenters. The molecule has 0 aromatic heterocycles. The largest absolute Gasteiger partial charge is 0.230 e. The molecule has 0 aromatic rings. The van der Waals surface area contributed by atoms with Crippen LogP contribution < -0.4 is 4.84 Å². The summed E-state index contributed by atoms with van der Waals surface area (Å²) >= 11 is 5.94. The summed E-state index contributed by atoms with van der Waals surface area (Å²) in [7, 11) is 0. The van der Waals surface area contributed by atoms with Crippen LogP contribution in [0.2, 0.25) is 0 Å². The first-order valence-corrected chi connectivity index (χ1v) is 7.66. The van der Waals surface area contributed by atoms with Crippen molar-refractivity contribution in [1.82, 2.24) is 4.84 Å². The molecule has 0 saturated heterocycles. The smallest absolute Gasteiger partial charge is 0.0254 e. The van der Waals surface area contributed by atoms with Crippen LogP contribution in [0.15, 0.2) is 0 Å². The molecule has 2 rings (SSSR count). The molecule has 2 fully saturated rings. The van der Waals surface area contributed by atoms with Crippen LogP contribution in [0.1, 0.15) is 59.8 Å². The maximum Gasteiger partial charge on any atom is 0.0254 e. The minimum absolute atomic E-state index is 0.466. The molecule has 2 saturated carbocycles. The van der Waals surface area contributed by atoms with Gasteiger partial charge in [0.05, 0.1) is 0 Å². The van der Waals surface area contributed by atoms with Gasteiger partial charge in [-0.2, -0.15) is 0 Å². The van der Waals surface area contributed by atoms with Crippen molar-refractivity contribution in [1.29, 1.82) is 0 Å². The molecule has 1 N–H and O–H groups in total. The summed E-state index contributed by atoms with van der Waals surface area (Å²) in [5, 5.41) is 0. The molecule has 5 atom stereocenters. The molecule has 1 nitrogen and oxygen atoms in total. The Morgan fingerprint density at radius 2 is 1.82 bits per heavy atom. The summed E-state index contributed by atoms with van der Waals surface area (Å²) in [6, 6.07) is 0.565. The minimum Gasteiger partial charge on any atom is -0.230 e. The molecular formula is C15H28ClN. The zero-order valence-corrected chi connectivity index (χ0v) is 12.6. The maximum absolute atomic E-state index is 5.94. The van der Waals surface area contributed by atoms with Gasteiger partial charge in [0.2, 0.25) is 0 Å². The van der Waals surface area contributed by atoms with Crippen LogP contribution in [0, 0.1) is 29.1 Å². The molecule has 100 valence electrons. The Hall–Kier alpha value is 0.250. The van der Waals surface area contributed by atoms with Gasteiger partial charge in [0, 0.05) is 6.04 Å². The van der Waals surface area contributed by atoms with E-state index in [-0.39, 0.29) is 0 Å². The number of halogens is 1. The average Bonchev–Trinajstić information content (AvgIpc) is 2.69. The van der Waals surface area contributed by atoms with Crippen molar-refractivity contribution >= 4 is 11.8 Å². The predicted octanol–water partition coefficient (Wildman–Crippen LogP) is 4.61. The molecule has 2 heteroatoms. The Morgan fingerprint density at radius 1 is 1.18 bits per heavy atom. The van der Waals surface area contributed by atoms with Crippen molar-refractivity contribution < 1.29 is 0 Å². The summed E-state index contributed by atoms with van der Waals surface area (Å²) < 4.78 is 0. The normalized spacial score (nSPS) is 42.5. The van der Waals surface area contributed by atoms with Crippen LogP contribution in [0.3, 0.4) is 0 Å². The average molecular weight is 258 g/mol. The second-order valence-electron chi connectivity index (χ2n) is 7.62. The van der Waals surface area contributed by atoms with E-state index >= 15 is 0 Å². The van der Waals surface area contributed by atoms with Crippen LogP contribution in [0.4, 0.5) is 0 Å².